The molecule has 0 aromatic heterocycles. The smallest absolute Gasteiger partial charge is 0.0215 e. The first-order chi connectivity index (χ1) is 24.8. The summed E-state index contributed by atoms with van der Waals surface area (Å²) in [4.78, 5) is 0. The highest BCUT2D eigenvalue weighted by atomic mass is 14.5. The van der Waals surface area contributed by atoms with E-state index in [-0.39, 0.29) is 5.41 Å². The summed E-state index contributed by atoms with van der Waals surface area (Å²) < 4.78 is 0. The van der Waals surface area contributed by atoms with Crippen molar-refractivity contribution < 1.29 is 0 Å². The van der Waals surface area contributed by atoms with Crippen molar-refractivity contribution in [2.75, 3.05) is 0 Å². The summed E-state index contributed by atoms with van der Waals surface area (Å²) in [6, 6.07) is 50.9. The molecule has 1 fully saturated rings. The van der Waals surface area contributed by atoms with Crippen LogP contribution in [-0.2, 0) is 5.41 Å². The van der Waals surface area contributed by atoms with Crippen LogP contribution in [0.5, 0.6) is 0 Å². The van der Waals surface area contributed by atoms with Crippen molar-refractivity contribution >= 4 is 22.9 Å². The van der Waals surface area contributed by atoms with Gasteiger partial charge >= 0.3 is 0 Å². The molecule has 7 aromatic carbocycles. The van der Waals surface area contributed by atoms with Crippen LogP contribution in [0.3, 0.4) is 0 Å². The Kier molecular flexibility index (Phi) is 6.11. The van der Waals surface area contributed by atoms with E-state index < -0.39 is 0 Å². The van der Waals surface area contributed by atoms with E-state index in [4.69, 9.17) is 0 Å². The maximum atomic E-state index is 2.58. The zero-order valence-electron chi connectivity index (χ0n) is 28.3. The average molecular weight is 639 g/mol. The van der Waals surface area contributed by atoms with Crippen molar-refractivity contribution in [3.05, 3.63) is 155 Å². The highest BCUT2D eigenvalue weighted by Gasteiger charge is 2.43. The molecule has 1 saturated carbocycles. The van der Waals surface area contributed by atoms with Crippen molar-refractivity contribution in [1.82, 2.24) is 0 Å². The van der Waals surface area contributed by atoms with E-state index in [1.54, 1.807) is 11.1 Å². The zero-order valence-corrected chi connectivity index (χ0v) is 28.3. The number of hydrogen-bond acceptors (Lipinski definition) is 0. The highest BCUT2D eigenvalue weighted by Crippen LogP contribution is 2.58. The summed E-state index contributed by atoms with van der Waals surface area (Å²) in [6.07, 6.45) is 13.6. The quantitative estimate of drug-likeness (QED) is 0.181. The van der Waals surface area contributed by atoms with Gasteiger partial charge in [0, 0.05) is 5.41 Å². The molecule has 0 saturated heterocycles. The molecule has 238 valence electrons. The standard InChI is InChI=1S/C50H38/c1-4-15-32(16-5-1)45-39-20-8-9-21-40(39)46(33-17-6-2-7-18-33)49-42-28-27-35(38-22-14-23-41(47(38)42)48(45)49)34-25-26-37-36-19-10-11-24-43(36)50(44(37)31-34)29-12-3-13-30-50/h1-2,4-7,10-11,14-28,31H,3,8-9,12-13,29-30H2. The summed E-state index contributed by atoms with van der Waals surface area (Å²) in [6.45, 7) is 0. The van der Waals surface area contributed by atoms with E-state index in [1.165, 1.54) is 120 Å². The average Bonchev–Trinajstić information content (AvgIpc) is 3.65. The van der Waals surface area contributed by atoms with Gasteiger partial charge in [0.2, 0.25) is 0 Å². The van der Waals surface area contributed by atoms with Crippen molar-refractivity contribution in [2.45, 2.75) is 50.4 Å². The largest absolute Gasteiger partial charge is 0.0757 e. The van der Waals surface area contributed by atoms with Gasteiger partial charge in [-0.3, -0.25) is 0 Å². The summed E-state index contributed by atoms with van der Waals surface area (Å²) in [5.74, 6) is 0. The molecule has 1 spiro atoms. The van der Waals surface area contributed by atoms with Crippen LogP contribution in [0.25, 0.3) is 89.7 Å². The van der Waals surface area contributed by atoms with E-state index in [1.807, 2.05) is 0 Å². The second-order valence-electron chi connectivity index (χ2n) is 14.9. The molecule has 11 rings (SSSR count). The first-order valence-electron chi connectivity index (χ1n) is 18.6. The summed E-state index contributed by atoms with van der Waals surface area (Å²) in [7, 11) is 0. The second kappa shape index (κ2) is 10.8. The van der Waals surface area contributed by atoms with Gasteiger partial charge in [-0.15, -0.1) is 0 Å². The third kappa shape index (κ3) is 3.82. The number of hydrogen-bond donors (Lipinski definition) is 0. The maximum Gasteiger partial charge on any atom is 0.0215 e. The summed E-state index contributed by atoms with van der Waals surface area (Å²) in [5, 5.41) is 5.53. The monoisotopic (exact) mass is 638 g/mol. The third-order valence-electron chi connectivity index (χ3n) is 12.4. The Balaban J connectivity index is 1.20. The van der Waals surface area contributed by atoms with Crippen molar-refractivity contribution in [2.24, 2.45) is 0 Å². The Morgan fingerprint density at radius 3 is 1.64 bits per heavy atom. The lowest BCUT2D eigenvalue weighted by molar-refractivity contribution is 0.353. The molecule has 0 radical (unpaired) electrons. The molecule has 50 heavy (non-hydrogen) atoms. The van der Waals surface area contributed by atoms with Crippen LogP contribution in [-0.4, -0.2) is 0 Å². The Labute approximate surface area is 294 Å². The van der Waals surface area contributed by atoms with Gasteiger partial charge in [-0.25, -0.2) is 0 Å². The summed E-state index contributed by atoms with van der Waals surface area (Å²) in [5.41, 5.74) is 19.7. The molecule has 0 aliphatic heterocycles. The minimum Gasteiger partial charge on any atom is -0.0757 e. The summed E-state index contributed by atoms with van der Waals surface area (Å²) >= 11 is 0. The number of benzene rings is 7. The molecule has 4 aliphatic carbocycles. The molecule has 0 amide bonds. The lowest BCUT2D eigenvalue weighted by Gasteiger charge is -2.36. The molecule has 0 nitrogen and oxygen atoms in total. The van der Waals surface area contributed by atoms with Crippen molar-refractivity contribution in [3.8, 4) is 66.8 Å². The van der Waals surface area contributed by atoms with Gasteiger partial charge in [-0.05, 0) is 131 Å². The topological polar surface area (TPSA) is 0 Å². The Morgan fingerprint density at radius 1 is 0.380 bits per heavy atom. The first-order valence-corrected chi connectivity index (χ1v) is 18.6. The Morgan fingerprint density at radius 2 is 0.940 bits per heavy atom. The van der Waals surface area contributed by atoms with E-state index >= 15 is 0 Å². The van der Waals surface area contributed by atoms with Gasteiger partial charge in [0.25, 0.3) is 0 Å². The molecular formula is C50H38. The fourth-order valence-electron chi connectivity index (χ4n) is 10.4. The SMILES string of the molecule is C1=c2c(-c3ccccc3)c3c(c(-c4ccccc4)c2=CCC1)-c1ccc(-c2ccc4c(c2)C2(CCCCC2)c2ccccc2-4)c2cccc-3c12. The van der Waals surface area contributed by atoms with Gasteiger partial charge in [-0.1, -0.05) is 159 Å². The molecule has 0 bridgehead atoms. The molecule has 0 atom stereocenters. The Hall–Kier alpha value is -5.46. The van der Waals surface area contributed by atoms with Crippen LogP contribution < -0.4 is 10.4 Å². The van der Waals surface area contributed by atoms with Gasteiger partial charge in [0.15, 0.2) is 0 Å². The van der Waals surface area contributed by atoms with Gasteiger partial charge in [-0.2, -0.15) is 0 Å². The van der Waals surface area contributed by atoms with Gasteiger partial charge in [0.05, 0.1) is 0 Å². The van der Waals surface area contributed by atoms with Crippen LogP contribution in [0.1, 0.15) is 56.1 Å². The molecular weight excluding hydrogens is 601 g/mol. The fraction of sp³-hybridized carbons (Fsp3) is 0.160. The first kappa shape index (κ1) is 28.4. The van der Waals surface area contributed by atoms with Crippen LogP contribution in [0.2, 0.25) is 0 Å². The normalized spacial score (nSPS) is 15.9. The lowest BCUT2D eigenvalue weighted by atomic mass is 9.67. The van der Waals surface area contributed by atoms with Crippen LogP contribution in [0.15, 0.2) is 133 Å². The van der Waals surface area contributed by atoms with Gasteiger partial charge in [0.1, 0.15) is 0 Å². The lowest BCUT2D eigenvalue weighted by Crippen LogP contribution is -2.32. The Bertz CT molecular complexity index is 2560. The highest BCUT2D eigenvalue weighted by molar-refractivity contribution is 6.23. The molecule has 0 unspecified atom stereocenters. The molecule has 0 heteroatoms. The van der Waals surface area contributed by atoms with Crippen molar-refractivity contribution in [3.63, 3.8) is 0 Å². The van der Waals surface area contributed by atoms with Crippen LogP contribution in [0.4, 0.5) is 0 Å². The fourth-order valence-corrected chi connectivity index (χ4v) is 10.4. The second-order valence-corrected chi connectivity index (χ2v) is 14.9. The minimum absolute atomic E-state index is 0.145. The predicted octanol–water partition coefficient (Wildman–Crippen LogP) is 12.1. The van der Waals surface area contributed by atoms with E-state index in [2.05, 4.69) is 146 Å². The number of fused-ring (bicyclic) bond motifs is 9. The van der Waals surface area contributed by atoms with Gasteiger partial charge < -0.3 is 0 Å². The molecule has 7 aromatic rings. The zero-order chi connectivity index (χ0) is 32.8. The van der Waals surface area contributed by atoms with Crippen LogP contribution in [0, 0.1) is 0 Å². The van der Waals surface area contributed by atoms with Crippen molar-refractivity contribution in [1.29, 1.82) is 0 Å². The molecule has 0 heterocycles. The maximum absolute atomic E-state index is 2.58. The van der Waals surface area contributed by atoms with Crippen LogP contribution >= 0.6 is 0 Å². The molecule has 4 aliphatic rings. The molecule has 0 N–H and O–H groups in total. The van der Waals surface area contributed by atoms with E-state index in [0.717, 1.165) is 12.8 Å². The van der Waals surface area contributed by atoms with E-state index in [0.29, 0.717) is 0 Å². The minimum atomic E-state index is 0.145. The third-order valence-corrected chi connectivity index (χ3v) is 12.4. The predicted molar refractivity (Wildman–Crippen MR) is 211 cm³/mol. The number of rotatable bonds is 3. The van der Waals surface area contributed by atoms with E-state index in [9.17, 15) is 0 Å².